The van der Waals surface area contributed by atoms with Gasteiger partial charge in [0, 0.05) is 18.3 Å². The van der Waals surface area contributed by atoms with Crippen LogP contribution in [0.3, 0.4) is 0 Å². The van der Waals surface area contributed by atoms with Crippen molar-refractivity contribution >= 4 is 17.7 Å². The number of hydrogen-bond donors (Lipinski definition) is 0. The molecule has 0 aliphatic heterocycles. The highest BCUT2D eigenvalue weighted by atomic mass is 32.2. The summed E-state index contributed by atoms with van der Waals surface area (Å²) in [5, 5.41) is 0. The zero-order chi connectivity index (χ0) is 11.0. The molecule has 0 rings (SSSR count). The number of carbonyl (C=O) groups is 1. The summed E-state index contributed by atoms with van der Waals surface area (Å²) in [4.78, 5) is 13.4. The van der Waals surface area contributed by atoms with Gasteiger partial charge in [-0.1, -0.05) is 0 Å². The Hall–Kier alpha value is -0.220. The first-order chi connectivity index (χ1) is 6.61. The van der Waals surface area contributed by atoms with E-state index >= 15 is 0 Å². The Morgan fingerprint density at radius 1 is 1.57 bits per heavy atom. The molecule has 0 saturated heterocycles. The fourth-order valence-corrected chi connectivity index (χ4v) is 1.54. The number of thioether (sulfide) groups is 1. The van der Waals surface area contributed by atoms with Gasteiger partial charge in [0.05, 0.1) is 13.0 Å². The van der Waals surface area contributed by atoms with Crippen LogP contribution in [-0.4, -0.2) is 49.1 Å². The number of esters is 1. The Balaban J connectivity index is 3.70. The summed E-state index contributed by atoms with van der Waals surface area (Å²) in [7, 11) is 2.04. The average Bonchev–Trinajstić information content (AvgIpc) is 2.14. The molecule has 0 amide bonds. The van der Waals surface area contributed by atoms with Crippen LogP contribution in [0.15, 0.2) is 0 Å². The average molecular weight is 219 g/mol. The molecule has 0 heterocycles. The molecule has 0 radical (unpaired) electrons. The summed E-state index contributed by atoms with van der Waals surface area (Å²) in [6, 6.07) is 0.265. The number of rotatable bonds is 7. The van der Waals surface area contributed by atoms with Gasteiger partial charge in [-0.3, -0.25) is 4.79 Å². The Labute approximate surface area is 91.2 Å². The second-order valence-electron chi connectivity index (χ2n) is 3.33. The second kappa shape index (κ2) is 8.12. The van der Waals surface area contributed by atoms with E-state index in [1.165, 1.54) is 0 Å². The summed E-state index contributed by atoms with van der Waals surface area (Å²) in [6.07, 6.45) is 2.57. The minimum absolute atomic E-state index is 0.101. The molecule has 1 unspecified atom stereocenters. The number of ether oxygens (including phenoxy) is 1. The zero-order valence-electron chi connectivity index (χ0n) is 9.58. The normalized spacial score (nSPS) is 12.9. The molecule has 84 valence electrons. The minimum Gasteiger partial charge on any atom is -0.466 e. The standard InChI is InChI=1S/C10H21NO2S/c1-5-13-10(12)8-9(2)11(3)6-7-14-4/h9H,5-8H2,1-4H3. The maximum Gasteiger partial charge on any atom is 0.307 e. The highest BCUT2D eigenvalue weighted by Crippen LogP contribution is 2.04. The van der Waals surface area contributed by atoms with Gasteiger partial charge in [-0.15, -0.1) is 0 Å². The van der Waals surface area contributed by atoms with Crippen molar-refractivity contribution in [1.29, 1.82) is 0 Å². The largest absolute Gasteiger partial charge is 0.466 e. The van der Waals surface area contributed by atoms with E-state index in [9.17, 15) is 4.79 Å². The summed E-state index contributed by atoms with van der Waals surface area (Å²) >= 11 is 1.82. The van der Waals surface area contributed by atoms with Crippen LogP contribution >= 0.6 is 11.8 Å². The fourth-order valence-electron chi connectivity index (χ4n) is 1.07. The molecule has 0 bridgehead atoms. The van der Waals surface area contributed by atoms with Gasteiger partial charge < -0.3 is 9.64 Å². The quantitative estimate of drug-likeness (QED) is 0.609. The van der Waals surface area contributed by atoms with Crippen LogP contribution in [-0.2, 0) is 9.53 Å². The van der Waals surface area contributed by atoms with Crippen molar-refractivity contribution in [3.8, 4) is 0 Å². The Bertz CT molecular complexity index is 164. The van der Waals surface area contributed by atoms with Crippen molar-refractivity contribution in [2.75, 3.05) is 32.2 Å². The van der Waals surface area contributed by atoms with E-state index in [1.54, 1.807) is 0 Å². The smallest absolute Gasteiger partial charge is 0.307 e. The highest BCUT2D eigenvalue weighted by molar-refractivity contribution is 7.98. The SMILES string of the molecule is CCOC(=O)CC(C)N(C)CCSC. The molecule has 0 saturated carbocycles. The minimum atomic E-state index is -0.101. The first-order valence-corrected chi connectivity index (χ1v) is 6.36. The van der Waals surface area contributed by atoms with Gasteiger partial charge in [-0.2, -0.15) is 11.8 Å². The fraction of sp³-hybridized carbons (Fsp3) is 0.900. The molecule has 3 nitrogen and oxygen atoms in total. The first kappa shape index (κ1) is 13.8. The van der Waals surface area contributed by atoms with Gasteiger partial charge >= 0.3 is 5.97 Å². The monoisotopic (exact) mass is 219 g/mol. The Morgan fingerprint density at radius 3 is 2.71 bits per heavy atom. The summed E-state index contributed by atoms with van der Waals surface area (Å²) in [6.45, 7) is 5.37. The van der Waals surface area contributed by atoms with Crippen LogP contribution in [0.2, 0.25) is 0 Å². The van der Waals surface area contributed by atoms with Gasteiger partial charge in [0.25, 0.3) is 0 Å². The van der Waals surface area contributed by atoms with Gasteiger partial charge in [-0.05, 0) is 27.2 Å². The topological polar surface area (TPSA) is 29.5 Å². The third-order valence-corrected chi connectivity index (χ3v) is 2.76. The van der Waals surface area contributed by atoms with Gasteiger partial charge in [0.1, 0.15) is 0 Å². The van der Waals surface area contributed by atoms with Crippen molar-refractivity contribution in [2.24, 2.45) is 0 Å². The van der Waals surface area contributed by atoms with Crippen LogP contribution < -0.4 is 0 Å². The van der Waals surface area contributed by atoms with E-state index in [2.05, 4.69) is 18.1 Å². The van der Waals surface area contributed by atoms with Gasteiger partial charge in [0.15, 0.2) is 0 Å². The molecule has 0 aromatic rings. The third kappa shape index (κ3) is 6.27. The second-order valence-corrected chi connectivity index (χ2v) is 4.32. The van der Waals surface area contributed by atoms with E-state index in [1.807, 2.05) is 25.7 Å². The Kier molecular flexibility index (Phi) is 7.99. The maximum atomic E-state index is 11.2. The lowest BCUT2D eigenvalue weighted by Gasteiger charge is -2.23. The molecule has 0 aromatic heterocycles. The van der Waals surface area contributed by atoms with Crippen molar-refractivity contribution in [3.63, 3.8) is 0 Å². The molecule has 1 atom stereocenters. The molecule has 0 fully saturated rings. The molecule has 0 spiro atoms. The van der Waals surface area contributed by atoms with E-state index in [-0.39, 0.29) is 12.0 Å². The number of hydrogen-bond acceptors (Lipinski definition) is 4. The molecule has 0 aliphatic rings. The summed E-state index contributed by atoms with van der Waals surface area (Å²) in [5.41, 5.74) is 0. The zero-order valence-corrected chi connectivity index (χ0v) is 10.4. The lowest BCUT2D eigenvalue weighted by atomic mass is 10.2. The molecule has 0 N–H and O–H groups in total. The van der Waals surface area contributed by atoms with Crippen molar-refractivity contribution in [1.82, 2.24) is 4.90 Å². The van der Waals surface area contributed by atoms with Crippen molar-refractivity contribution in [2.45, 2.75) is 26.3 Å². The molecule has 0 aliphatic carbocycles. The van der Waals surface area contributed by atoms with Crippen LogP contribution in [0.1, 0.15) is 20.3 Å². The van der Waals surface area contributed by atoms with Crippen LogP contribution in [0.25, 0.3) is 0 Å². The number of nitrogens with zero attached hydrogens (tertiary/aromatic N) is 1. The van der Waals surface area contributed by atoms with Gasteiger partial charge in [-0.25, -0.2) is 0 Å². The van der Waals surface area contributed by atoms with Gasteiger partial charge in [0.2, 0.25) is 0 Å². The van der Waals surface area contributed by atoms with Crippen molar-refractivity contribution < 1.29 is 9.53 Å². The Morgan fingerprint density at radius 2 is 2.21 bits per heavy atom. The number of carbonyl (C=O) groups excluding carboxylic acids is 1. The lowest BCUT2D eigenvalue weighted by Crippen LogP contribution is -2.33. The van der Waals surface area contributed by atoms with E-state index in [4.69, 9.17) is 4.74 Å². The predicted octanol–water partition coefficient (Wildman–Crippen LogP) is 1.62. The molecule has 4 heteroatoms. The summed E-state index contributed by atoms with van der Waals surface area (Å²) in [5.74, 6) is 1.000. The molecule has 14 heavy (non-hydrogen) atoms. The lowest BCUT2D eigenvalue weighted by molar-refractivity contribution is -0.144. The first-order valence-electron chi connectivity index (χ1n) is 4.96. The molecule has 0 aromatic carbocycles. The maximum absolute atomic E-state index is 11.2. The van der Waals surface area contributed by atoms with Crippen LogP contribution in [0.4, 0.5) is 0 Å². The molecular formula is C10H21NO2S. The third-order valence-electron chi connectivity index (χ3n) is 2.17. The predicted molar refractivity (Wildman–Crippen MR) is 61.7 cm³/mol. The van der Waals surface area contributed by atoms with E-state index in [0.717, 1.165) is 12.3 Å². The van der Waals surface area contributed by atoms with Crippen LogP contribution in [0, 0.1) is 0 Å². The molecular weight excluding hydrogens is 198 g/mol. The van der Waals surface area contributed by atoms with E-state index < -0.39 is 0 Å². The summed E-state index contributed by atoms with van der Waals surface area (Å²) < 4.78 is 4.90. The van der Waals surface area contributed by atoms with Crippen LogP contribution in [0.5, 0.6) is 0 Å². The van der Waals surface area contributed by atoms with E-state index in [0.29, 0.717) is 13.0 Å². The van der Waals surface area contributed by atoms with Crippen molar-refractivity contribution in [3.05, 3.63) is 0 Å². The highest BCUT2D eigenvalue weighted by Gasteiger charge is 2.13.